The predicted octanol–water partition coefficient (Wildman–Crippen LogP) is 5.40. The molecule has 0 fully saturated rings. The SMILES string of the molecule is Cc1cc(SCc2ccc(-c3ccc(Cl)nc3)cc2)ccn1. The minimum atomic E-state index is 0.518. The average Bonchev–Trinajstić information content (AvgIpc) is 2.54. The van der Waals surface area contributed by atoms with Crippen LogP contribution in [-0.2, 0) is 5.75 Å². The third kappa shape index (κ3) is 3.87. The maximum absolute atomic E-state index is 5.82. The molecule has 0 unspecified atom stereocenters. The molecular weight excluding hydrogens is 312 g/mol. The maximum Gasteiger partial charge on any atom is 0.129 e. The van der Waals surface area contributed by atoms with Crippen molar-refractivity contribution in [1.29, 1.82) is 0 Å². The number of benzene rings is 1. The van der Waals surface area contributed by atoms with E-state index >= 15 is 0 Å². The Morgan fingerprint density at radius 3 is 2.41 bits per heavy atom. The molecule has 0 radical (unpaired) electrons. The lowest BCUT2D eigenvalue weighted by molar-refractivity contribution is 1.16. The fraction of sp³-hybridized carbons (Fsp3) is 0.111. The monoisotopic (exact) mass is 326 g/mol. The Bertz CT molecular complexity index is 755. The summed E-state index contributed by atoms with van der Waals surface area (Å²) in [4.78, 5) is 9.58. The maximum atomic E-state index is 5.82. The van der Waals surface area contributed by atoms with Gasteiger partial charge in [0.1, 0.15) is 5.15 Å². The Balaban J connectivity index is 1.68. The first kappa shape index (κ1) is 15.1. The molecule has 2 heterocycles. The molecule has 110 valence electrons. The van der Waals surface area contributed by atoms with E-state index < -0.39 is 0 Å². The molecule has 1 aromatic carbocycles. The number of halogens is 1. The Morgan fingerprint density at radius 2 is 1.73 bits per heavy atom. The smallest absolute Gasteiger partial charge is 0.129 e. The third-order valence-corrected chi connectivity index (χ3v) is 4.58. The van der Waals surface area contributed by atoms with Crippen LogP contribution in [-0.4, -0.2) is 9.97 Å². The molecule has 0 spiro atoms. The standard InChI is InChI=1S/C18H15ClN2S/c1-13-10-17(8-9-20-13)22-12-14-2-4-15(5-3-14)16-6-7-18(19)21-11-16/h2-11H,12H2,1H3. The van der Waals surface area contributed by atoms with Gasteiger partial charge in [0.2, 0.25) is 0 Å². The zero-order valence-electron chi connectivity index (χ0n) is 12.2. The van der Waals surface area contributed by atoms with E-state index in [0.717, 1.165) is 22.6 Å². The van der Waals surface area contributed by atoms with Gasteiger partial charge >= 0.3 is 0 Å². The van der Waals surface area contributed by atoms with Crippen LogP contribution in [0.1, 0.15) is 11.3 Å². The van der Waals surface area contributed by atoms with Crippen LogP contribution < -0.4 is 0 Å². The van der Waals surface area contributed by atoms with Gasteiger partial charge in [0, 0.05) is 34.3 Å². The first-order chi connectivity index (χ1) is 10.7. The number of nitrogens with zero attached hydrogens (tertiary/aromatic N) is 2. The molecule has 0 aliphatic carbocycles. The highest BCUT2D eigenvalue weighted by molar-refractivity contribution is 7.98. The molecule has 2 aromatic heterocycles. The molecule has 22 heavy (non-hydrogen) atoms. The molecule has 3 aromatic rings. The van der Waals surface area contributed by atoms with Gasteiger partial charge < -0.3 is 0 Å². The Morgan fingerprint density at radius 1 is 0.955 bits per heavy atom. The largest absolute Gasteiger partial charge is 0.262 e. The van der Waals surface area contributed by atoms with E-state index in [1.54, 1.807) is 6.20 Å². The summed E-state index contributed by atoms with van der Waals surface area (Å²) in [7, 11) is 0. The van der Waals surface area contributed by atoms with Crippen LogP contribution in [0.5, 0.6) is 0 Å². The highest BCUT2D eigenvalue weighted by Gasteiger charge is 2.01. The molecule has 0 amide bonds. The number of rotatable bonds is 4. The molecule has 0 aliphatic rings. The van der Waals surface area contributed by atoms with E-state index in [2.05, 4.69) is 40.3 Å². The molecule has 0 atom stereocenters. The molecule has 2 nitrogen and oxygen atoms in total. The summed E-state index contributed by atoms with van der Waals surface area (Å²) in [6.07, 6.45) is 3.65. The first-order valence-corrected chi connectivity index (χ1v) is 8.33. The third-order valence-electron chi connectivity index (χ3n) is 3.29. The second kappa shape index (κ2) is 6.95. The van der Waals surface area contributed by atoms with Gasteiger partial charge in [-0.25, -0.2) is 4.98 Å². The summed E-state index contributed by atoms with van der Waals surface area (Å²) < 4.78 is 0. The lowest BCUT2D eigenvalue weighted by Crippen LogP contribution is -1.85. The normalized spacial score (nSPS) is 10.6. The van der Waals surface area contributed by atoms with Crippen molar-refractivity contribution < 1.29 is 0 Å². The summed E-state index contributed by atoms with van der Waals surface area (Å²) >= 11 is 7.64. The summed E-state index contributed by atoms with van der Waals surface area (Å²) in [5, 5.41) is 0.518. The lowest BCUT2D eigenvalue weighted by atomic mass is 10.1. The zero-order chi connectivity index (χ0) is 15.4. The minimum absolute atomic E-state index is 0.518. The summed E-state index contributed by atoms with van der Waals surface area (Å²) in [6, 6.07) is 16.5. The Kier molecular flexibility index (Phi) is 4.76. The van der Waals surface area contributed by atoms with Crippen LogP contribution in [0, 0.1) is 6.92 Å². The number of thioether (sulfide) groups is 1. The number of hydrogen-bond donors (Lipinski definition) is 0. The van der Waals surface area contributed by atoms with E-state index in [-0.39, 0.29) is 0 Å². The van der Waals surface area contributed by atoms with E-state index in [4.69, 9.17) is 11.6 Å². The molecule has 0 aliphatic heterocycles. The Labute approximate surface area is 139 Å². The van der Waals surface area contributed by atoms with Crippen LogP contribution in [0.3, 0.4) is 0 Å². The van der Waals surface area contributed by atoms with Gasteiger partial charge in [-0.15, -0.1) is 11.8 Å². The van der Waals surface area contributed by atoms with Gasteiger partial charge in [0.25, 0.3) is 0 Å². The quantitative estimate of drug-likeness (QED) is 0.474. The van der Waals surface area contributed by atoms with Crippen molar-refractivity contribution in [2.45, 2.75) is 17.6 Å². The van der Waals surface area contributed by atoms with Crippen LogP contribution in [0.15, 0.2) is 65.8 Å². The average molecular weight is 327 g/mol. The molecule has 4 heteroatoms. The highest BCUT2D eigenvalue weighted by atomic mass is 35.5. The second-order valence-corrected chi connectivity index (χ2v) is 6.42. The van der Waals surface area contributed by atoms with Crippen LogP contribution >= 0.6 is 23.4 Å². The molecule has 0 saturated carbocycles. The number of hydrogen-bond acceptors (Lipinski definition) is 3. The van der Waals surface area contributed by atoms with Crippen molar-refractivity contribution in [2.24, 2.45) is 0 Å². The van der Waals surface area contributed by atoms with Gasteiger partial charge in [0.05, 0.1) is 0 Å². The number of pyridine rings is 2. The highest BCUT2D eigenvalue weighted by Crippen LogP contribution is 2.25. The topological polar surface area (TPSA) is 25.8 Å². The molecule has 0 saturated heterocycles. The van der Waals surface area contributed by atoms with Crippen molar-refractivity contribution in [2.75, 3.05) is 0 Å². The zero-order valence-corrected chi connectivity index (χ0v) is 13.7. The van der Waals surface area contributed by atoms with Crippen molar-refractivity contribution >= 4 is 23.4 Å². The van der Waals surface area contributed by atoms with Crippen LogP contribution in [0.25, 0.3) is 11.1 Å². The molecule has 0 N–H and O–H groups in total. The number of aromatic nitrogens is 2. The van der Waals surface area contributed by atoms with E-state index in [1.165, 1.54) is 10.5 Å². The lowest BCUT2D eigenvalue weighted by Gasteiger charge is -2.05. The minimum Gasteiger partial charge on any atom is -0.262 e. The van der Waals surface area contributed by atoms with Gasteiger partial charge in [-0.3, -0.25) is 4.98 Å². The summed E-state index contributed by atoms with van der Waals surface area (Å²) in [5.41, 5.74) is 4.58. The summed E-state index contributed by atoms with van der Waals surface area (Å²) in [6.45, 7) is 2.01. The summed E-state index contributed by atoms with van der Waals surface area (Å²) in [5.74, 6) is 0.947. The molecular formula is C18H15ClN2S. The van der Waals surface area contributed by atoms with Crippen molar-refractivity contribution in [3.05, 3.63) is 77.3 Å². The van der Waals surface area contributed by atoms with Gasteiger partial charge in [-0.1, -0.05) is 35.9 Å². The molecule has 3 rings (SSSR count). The fourth-order valence-corrected chi connectivity index (χ4v) is 3.16. The first-order valence-electron chi connectivity index (χ1n) is 6.97. The predicted molar refractivity (Wildman–Crippen MR) is 93.2 cm³/mol. The van der Waals surface area contributed by atoms with Gasteiger partial charge in [-0.05, 0) is 42.3 Å². The van der Waals surface area contributed by atoms with E-state index in [0.29, 0.717) is 5.15 Å². The second-order valence-electron chi connectivity index (χ2n) is 4.99. The molecule has 0 bridgehead atoms. The van der Waals surface area contributed by atoms with Gasteiger partial charge in [-0.2, -0.15) is 0 Å². The van der Waals surface area contributed by atoms with Gasteiger partial charge in [0.15, 0.2) is 0 Å². The van der Waals surface area contributed by atoms with Crippen LogP contribution in [0.2, 0.25) is 5.15 Å². The Hall–Kier alpha value is -1.84. The fourth-order valence-electron chi connectivity index (χ4n) is 2.12. The van der Waals surface area contributed by atoms with E-state index in [9.17, 15) is 0 Å². The number of aryl methyl sites for hydroxylation is 1. The van der Waals surface area contributed by atoms with Crippen molar-refractivity contribution in [3.63, 3.8) is 0 Å². The van der Waals surface area contributed by atoms with Crippen molar-refractivity contribution in [1.82, 2.24) is 9.97 Å². The van der Waals surface area contributed by atoms with Crippen LogP contribution in [0.4, 0.5) is 0 Å². The van der Waals surface area contributed by atoms with E-state index in [1.807, 2.05) is 43.1 Å². The van der Waals surface area contributed by atoms with Crippen molar-refractivity contribution in [3.8, 4) is 11.1 Å².